The number of halogens is 2. The van der Waals surface area contributed by atoms with E-state index in [1.54, 1.807) is 13.8 Å². The quantitative estimate of drug-likeness (QED) is 0.519. The molecule has 1 fully saturated rings. The zero-order chi connectivity index (χ0) is 14.4. The molecule has 0 nitrogen and oxygen atoms in total. The minimum Gasteiger partial charge on any atom is -0.244 e. The van der Waals surface area contributed by atoms with Gasteiger partial charge in [-0.25, -0.2) is 8.78 Å². The van der Waals surface area contributed by atoms with Gasteiger partial charge < -0.3 is 0 Å². The largest absolute Gasteiger partial charge is 0.244 e. The van der Waals surface area contributed by atoms with E-state index in [2.05, 4.69) is 6.58 Å². The summed E-state index contributed by atoms with van der Waals surface area (Å²) in [7, 11) is 0. The molecule has 0 aromatic carbocycles. The Kier molecular flexibility index (Phi) is 7.02. The third-order valence-corrected chi connectivity index (χ3v) is 4.78. The maximum atomic E-state index is 14.2. The van der Waals surface area contributed by atoms with E-state index < -0.39 is 12.3 Å². The summed E-state index contributed by atoms with van der Waals surface area (Å²) >= 11 is 0. The smallest absolute Gasteiger partial charge is 0.134 e. The molecule has 0 bridgehead atoms. The van der Waals surface area contributed by atoms with Crippen molar-refractivity contribution in [3.8, 4) is 0 Å². The molecule has 0 aromatic heterocycles. The van der Waals surface area contributed by atoms with Crippen LogP contribution in [0.15, 0.2) is 12.7 Å². The van der Waals surface area contributed by atoms with Gasteiger partial charge in [0.25, 0.3) is 0 Å². The third kappa shape index (κ3) is 4.89. The van der Waals surface area contributed by atoms with Gasteiger partial charge >= 0.3 is 0 Å². The highest BCUT2D eigenvalue weighted by molar-refractivity contribution is 4.86. The summed E-state index contributed by atoms with van der Waals surface area (Å²) in [6, 6.07) is 0. The number of allylic oxidation sites excluding steroid dienone is 1. The van der Waals surface area contributed by atoms with Gasteiger partial charge in [-0.2, -0.15) is 0 Å². The molecule has 0 amide bonds. The Morgan fingerprint density at radius 2 is 1.68 bits per heavy atom. The lowest BCUT2D eigenvalue weighted by Gasteiger charge is -2.32. The molecule has 19 heavy (non-hydrogen) atoms. The highest BCUT2D eigenvalue weighted by Crippen LogP contribution is 2.36. The van der Waals surface area contributed by atoms with Crippen molar-refractivity contribution in [1.29, 1.82) is 0 Å². The van der Waals surface area contributed by atoms with E-state index >= 15 is 0 Å². The summed E-state index contributed by atoms with van der Waals surface area (Å²) < 4.78 is 28.1. The predicted octanol–water partition coefficient (Wildman–Crippen LogP) is 5.73. The first-order chi connectivity index (χ1) is 8.99. The van der Waals surface area contributed by atoms with Crippen LogP contribution in [0.3, 0.4) is 0 Å². The first kappa shape index (κ1) is 16.7. The first-order valence-electron chi connectivity index (χ1n) is 7.90. The zero-order valence-electron chi connectivity index (χ0n) is 12.7. The Labute approximate surface area is 117 Å². The summed E-state index contributed by atoms with van der Waals surface area (Å²) in [4.78, 5) is 0. The van der Waals surface area contributed by atoms with Crippen LogP contribution < -0.4 is 0 Å². The first-order valence-corrected chi connectivity index (χ1v) is 7.90. The fourth-order valence-electron chi connectivity index (χ4n) is 3.24. The Morgan fingerprint density at radius 3 is 2.11 bits per heavy atom. The third-order valence-electron chi connectivity index (χ3n) is 4.78. The molecule has 1 aliphatic rings. The van der Waals surface area contributed by atoms with E-state index in [1.165, 1.54) is 12.8 Å². The molecule has 0 saturated heterocycles. The fraction of sp³-hybridized carbons (Fsp3) is 0.882. The molecule has 3 atom stereocenters. The molecule has 1 rings (SSSR count). The number of hydrogen-bond donors (Lipinski definition) is 0. The van der Waals surface area contributed by atoms with E-state index in [1.807, 2.05) is 13.0 Å². The highest BCUT2D eigenvalue weighted by Gasteiger charge is 2.33. The summed E-state index contributed by atoms with van der Waals surface area (Å²) in [5.74, 6) is 0.893. The Bertz CT molecular complexity index is 254. The minimum atomic E-state index is -1.31. The second-order valence-corrected chi connectivity index (χ2v) is 6.55. The molecule has 1 aliphatic carbocycles. The Hall–Kier alpha value is -0.400. The molecule has 0 spiro atoms. The van der Waals surface area contributed by atoms with Crippen molar-refractivity contribution in [3.63, 3.8) is 0 Å². The van der Waals surface area contributed by atoms with Crippen molar-refractivity contribution in [1.82, 2.24) is 0 Å². The number of rotatable bonds is 7. The average Bonchev–Trinajstić information content (AvgIpc) is 2.43. The monoisotopic (exact) mass is 272 g/mol. The normalized spacial score (nSPS) is 28.9. The van der Waals surface area contributed by atoms with Crippen molar-refractivity contribution in [2.75, 3.05) is 0 Å². The van der Waals surface area contributed by atoms with Gasteiger partial charge in [-0.3, -0.25) is 0 Å². The zero-order valence-corrected chi connectivity index (χ0v) is 12.7. The Morgan fingerprint density at radius 1 is 1.11 bits per heavy atom. The van der Waals surface area contributed by atoms with Crippen LogP contribution in [0, 0.1) is 23.7 Å². The molecule has 0 aromatic rings. The lowest BCUT2D eigenvalue weighted by Crippen LogP contribution is -2.32. The van der Waals surface area contributed by atoms with Crippen LogP contribution in [0.2, 0.25) is 0 Å². The number of alkyl halides is 2. The fourth-order valence-corrected chi connectivity index (χ4v) is 3.24. The minimum absolute atomic E-state index is 0.109. The van der Waals surface area contributed by atoms with Gasteiger partial charge in [0.05, 0.1) is 0 Å². The van der Waals surface area contributed by atoms with E-state index in [0.717, 1.165) is 25.7 Å². The number of hydrogen-bond acceptors (Lipinski definition) is 0. The molecule has 0 N–H and O–H groups in total. The highest BCUT2D eigenvalue weighted by atomic mass is 19.2. The second-order valence-electron chi connectivity index (χ2n) is 6.55. The molecule has 0 radical (unpaired) electrons. The van der Waals surface area contributed by atoms with Gasteiger partial charge in [0, 0.05) is 0 Å². The van der Waals surface area contributed by atoms with E-state index in [-0.39, 0.29) is 11.8 Å². The standard InChI is InChI=1S/C17H30F2/c1-5-13-7-9-14(10-8-13)11-15(6-2)17(19)16(18)12(3)4/h5,12-17H,1,6-11H2,2-4H3. The average molecular weight is 272 g/mol. The van der Waals surface area contributed by atoms with E-state index in [4.69, 9.17) is 0 Å². The molecule has 2 heteroatoms. The summed E-state index contributed by atoms with van der Waals surface area (Å²) in [6.07, 6.45) is 5.69. The van der Waals surface area contributed by atoms with Gasteiger partial charge in [0.2, 0.25) is 0 Å². The SMILES string of the molecule is C=CC1CCC(CC(CC)C(F)C(F)C(C)C)CC1. The van der Waals surface area contributed by atoms with E-state index in [0.29, 0.717) is 11.8 Å². The summed E-state index contributed by atoms with van der Waals surface area (Å²) in [5, 5.41) is 0. The molecule has 0 heterocycles. The van der Waals surface area contributed by atoms with Crippen molar-refractivity contribution in [3.05, 3.63) is 12.7 Å². The lowest BCUT2D eigenvalue weighted by molar-refractivity contribution is 0.0607. The molecule has 112 valence electrons. The topological polar surface area (TPSA) is 0 Å². The van der Waals surface area contributed by atoms with Crippen molar-refractivity contribution in [2.45, 2.75) is 71.6 Å². The molecular weight excluding hydrogens is 242 g/mol. The van der Waals surface area contributed by atoms with Crippen LogP contribution >= 0.6 is 0 Å². The molecule has 1 saturated carbocycles. The van der Waals surface area contributed by atoms with Crippen LogP contribution in [0.25, 0.3) is 0 Å². The lowest BCUT2D eigenvalue weighted by atomic mass is 9.76. The van der Waals surface area contributed by atoms with Crippen molar-refractivity contribution >= 4 is 0 Å². The Balaban J connectivity index is 2.46. The van der Waals surface area contributed by atoms with Crippen LogP contribution in [-0.2, 0) is 0 Å². The van der Waals surface area contributed by atoms with Gasteiger partial charge in [-0.1, -0.05) is 33.3 Å². The van der Waals surface area contributed by atoms with Crippen LogP contribution in [-0.4, -0.2) is 12.3 Å². The maximum absolute atomic E-state index is 14.2. The van der Waals surface area contributed by atoms with Gasteiger partial charge in [-0.05, 0) is 55.8 Å². The van der Waals surface area contributed by atoms with Crippen molar-refractivity contribution in [2.24, 2.45) is 23.7 Å². The molecule has 3 unspecified atom stereocenters. The van der Waals surface area contributed by atoms with Gasteiger partial charge in [-0.15, -0.1) is 6.58 Å². The molecular formula is C17H30F2. The van der Waals surface area contributed by atoms with E-state index in [9.17, 15) is 8.78 Å². The maximum Gasteiger partial charge on any atom is 0.134 e. The van der Waals surface area contributed by atoms with Gasteiger partial charge in [0.15, 0.2) is 0 Å². The summed E-state index contributed by atoms with van der Waals surface area (Å²) in [6.45, 7) is 9.36. The van der Waals surface area contributed by atoms with Crippen LogP contribution in [0.1, 0.15) is 59.3 Å². The predicted molar refractivity (Wildman–Crippen MR) is 78.7 cm³/mol. The van der Waals surface area contributed by atoms with Crippen LogP contribution in [0.4, 0.5) is 8.78 Å². The molecule has 0 aliphatic heterocycles. The van der Waals surface area contributed by atoms with Crippen molar-refractivity contribution < 1.29 is 8.78 Å². The van der Waals surface area contributed by atoms with Crippen LogP contribution in [0.5, 0.6) is 0 Å². The summed E-state index contributed by atoms with van der Waals surface area (Å²) in [5.41, 5.74) is 0. The second kappa shape index (κ2) is 8.01. The van der Waals surface area contributed by atoms with Gasteiger partial charge in [0.1, 0.15) is 12.3 Å².